The van der Waals surface area contributed by atoms with Crippen molar-refractivity contribution in [2.75, 3.05) is 13.1 Å². The molecule has 0 aliphatic carbocycles. The van der Waals surface area contributed by atoms with E-state index in [2.05, 4.69) is 66.0 Å². The van der Waals surface area contributed by atoms with Crippen LogP contribution in [0.25, 0.3) is 10.9 Å². The summed E-state index contributed by atoms with van der Waals surface area (Å²) in [5, 5.41) is 4.30. The second-order valence-electron chi connectivity index (χ2n) is 9.31. The van der Waals surface area contributed by atoms with Crippen molar-refractivity contribution < 1.29 is 9.59 Å². The van der Waals surface area contributed by atoms with Crippen LogP contribution < -0.4 is 5.32 Å². The minimum Gasteiger partial charge on any atom is -0.352 e. The molecule has 2 aromatic rings. The van der Waals surface area contributed by atoms with Gasteiger partial charge in [-0.15, -0.1) is 0 Å². The molecule has 3 heterocycles. The molecule has 0 spiro atoms. The summed E-state index contributed by atoms with van der Waals surface area (Å²) in [6.07, 6.45) is 3.95. The molecule has 2 saturated heterocycles. The quantitative estimate of drug-likeness (QED) is 0.797. The molecule has 2 aliphatic rings. The lowest BCUT2D eigenvalue weighted by Gasteiger charge is -2.43. The average Bonchev–Trinajstić information content (AvgIpc) is 3.25. The lowest BCUT2D eigenvalue weighted by atomic mass is 9.96. The van der Waals surface area contributed by atoms with Gasteiger partial charge in [-0.3, -0.25) is 14.5 Å². The number of nitrogens with zero attached hydrogens (tertiary/aromatic N) is 3. The average molecular weight is 411 g/mol. The maximum absolute atomic E-state index is 13.5. The summed E-state index contributed by atoms with van der Waals surface area (Å²) >= 11 is 0. The number of aromatic nitrogens is 1. The van der Waals surface area contributed by atoms with Crippen molar-refractivity contribution in [3.63, 3.8) is 0 Å². The molecule has 0 radical (unpaired) electrons. The zero-order valence-electron chi connectivity index (χ0n) is 18.6. The Bertz CT molecular complexity index is 934. The summed E-state index contributed by atoms with van der Waals surface area (Å²) in [5.74, 6) is 0.658. The van der Waals surface area contributed by atoms with Crippen LogP contribution in [0.4, 0.5) is 0 Å². The first-order chi connectivity index (χ1) is 14.4. The van der Waals surface area contributed by atoms with Crippen molar-refractivity contribution in [1.82, 2.24) is 19.7 Å². The normalized spacial score (nSPS) is 24.6. The van der Waals surface area contributed by atoms with Crippen molar-refractivity contribution in [3.05, 3.63) is 36.0 Å². The van der Waals surface area contributed by atoms with Gasteiger partial charge in [0.05, 0.1) is 6.04 Å². The predicted molar refractivity (Wildman–Crippen MR) is 119 cm³/mol. The molecule has 1 aromatic carbocycles. The van der Waals surface area contributed by atoms with Crippen molar-refractivity contribution in [2.24, 2.45) is 5.92 Å². The SMILES string of the molecule is CCn1cc(CN2CC3CC(NC(C)=O)CN3C(=O)C2CC(C)C)c2ccccc21. The first-order valence-corrected chi connectivity index (χ1v) is 11.3. The molecule has 3 unspecified atom stereocenters. The van der Waals surface area contributed by atoms with Gasteiger partial charge in [0.1, 0.15) is 0 Å². The number of aryl methyl sites for hydroxylation is 1. The Hall–Kier alpha value is -2.34. The summed E-state index contributed by atoms with van der Waals surface area (Å²) < 4.78 is 2.29. The second-order valence-corrected chi connectivity index (χ2v) is 9.31. The van der Waals surface area contributed by atoms with E-state index in [1.807, 2.05) is 4.90 Å². The maximum Gasteiger partial charge on any atom is 0.240 e. The first kappa shape index (κ1) is 20.9. The van der Waals surface area contributed by atoms with Crippen LogP contribution in [0.15, 0.2) is 30.5 Å². The van der Waals surface area contributed by atoms with Crippen molar-refractivity contribution in [1.29, 1.82) is 0 Å². The Labute approximate surface area is 179 Å². The second kappa shape index (κ2) is 8.42. The number of carbonyl (C=O) groups excluding carboxylic acids is 2. The minimum absolute atomic E-state index is 0.0183. The van der Waals surface area contributed by atoms with Gasteiger partial charge in [-0.1, -0.05) is 32.0 Å². The van der Waals surface area contributed by atoms with Crippen LogP contribution in [-0.2, 0) is 22.7 Å². The van der Waals surface area contributed by atoms with Crippen LogP contribution in [0.3, 0.4) is 0 Å². The van der Waals surface area contributed by atoms with E-state index in [1.54, 1.807) is 6.92 Å². The highest BCUT2D eigenvalue weighted by molar-refractivity contribution is 5.85. The Morgan fingerprint density at radius 2 is 2.00 bits per heavy atom. The van der Waals surface area contributed by atoms with E-state index in [4.69, 9.17) is 0 Å². The van der Waals surface area contributed by atoms with Crippen LogP contribution in [-0.4, -0.2) is 57.4 Å². The summed E-state index contributed by atoms with van der Waals surface area (Å²) in [6, 6.07) is 8.69. The molecule has 2 amide bonds. The molecule has 6 nitrogen and oxygen atoms in total. The van der Waals surface area contributed by atoms with Crippen LogP contribution in [0.1, 0.15) is 46.1 Å². The van der Waals surface area contributed by atoms with Crippen LogP contribution in [0, 0.1) is 5.92 Å². The monoisotopic (exact) mass is 410 g/mol. The summed E-state index contributed by atoms with van der Waals surface area (Å²) in [4.78, 5) is 29.4. The molecular weight excluding hydrogens is 376 g/mol. The zero-order valence-corrected chi connectivity index (χ0v) is 18.6. The Balaban J connectivity index is 1.61. The van der Waals surface area contributed by atoms with E-state index >= 15 is 0 Å². The minimum atomic E-state index is -0.0962. The van der Waals surface area contributed by atoms with Crippen LogP contribution >= 0.6 is 0 Å². The highest BCUT2D eigenvalue weighted by Gasteiger charge is 2.45. The fraction of sp³-hybridized carbons (Fsp3) is 0.583. The van der Waals surface area contributed by atoms with Gasteiger partial charge in [0.2, 0.25) is 11.8 Å². The third-order valence-corrected chi connectivity index (χ3v) is 6.56. The zero-order chi connectivity index (χ0) is 21.4. The lowest BCUT2D eigenvalue weighted by molar-refractivity contribution is -0.145. The molecule has 3 atom stereocenters. The number of carbonyl (C=O) groups is 2. The molecule has 1 N–H and O–H groups in total. The van der Waals surface area contributed by atoms with Crippen molar-refractivity contribution in [2.45, 2.75) is 71.8 Å². The number of piperazine rings is 1. The standard InChI is InChI=1S/C24H34N4O2/c1-5-26-12-18(21-8-6-7-9-22(21)26)13-27-15-20-11-19(25-17(4)29)14-28(20)24(30)23(27)10-16(2)3/h6-9,12,16,19-20,23H,5,10-11,13-15H2,1-4H3,(H,25,29). The third kappa shape index (κ3) is 3.97. The number of fused-ring (bicyclic) bond motifs is 2. The van der Waals surface area contributed by atoms with Gasteiger partial charge in [0, 0.05) is 62.3 Å². The number of benzene rings is 1. The molecule has 4 rings (SSSR count). The molecule has 2 fully saturated rings. The number of hydrogen-bond acceptors (Lipinski definition) is 3. The largest absolute Gasteiger partial charge is 0.352 e. The number of rotatable bonds is 6. The molecule has 6 heteroatoms. The predicted octanol–water partition coefficient (Wildman–Crippen LogP) is 3.00. The number of para-hydroxylation sites is 1. The number of amides is 2. The highest BCUT2D eigenvalue weighted by atomic mass is 16.2. The molecule has 0 saturated carbocycles. The van der Waals surface area contributed by atoms with Crippen LogP contribution in [0.2, 0.25) is 0 Å². The van der Waals surface area contributed by atoms with Gasteiger partial charge < -0.3 is 14.8 Å². The van der Waals surface area contributed by atoms with E-state index < -0.39 is 0 Å². The molecule has 0 bridgehead atoms. The van der Waals surface area contributed by atoms with Gasteiger partial charge in [-0.25, -0.2) is 0 Å². The fourth-order valence-corrected chi connectivity index (χ4v) is 5.30. The Morgan fingerprint density at radius 1 is 1.23 bits per heavy atom. The smallest absolute Gasteiger partial charge is 0.240 e. The van der Waals surface area contributed by atoms with Crippen LogP contribution in [0.5, 0.6) is 0 Å². The fourth-order valence-electron chi connectivity index (χ4n) is 5.30. The van der Waals surface area contributed by atoms with E-state index in [0.717, 1.165) is 32.5 Å². The van der Waals surface area contributed by atoms with E-state index in [1.165, 1.54) is 16.5 Å². The topological polar surface area (TPSA) is 57.6 Å². The first-order valence-electron chi connectivity index (χ1n) is 11.3. The molecule has 2 aliphatic heterocycles. The van der Waals surface area contributed by atoms with Gasteiger partial charge in [0.25, 0.3) is 0 Å². The van der Waals surface area contributed by atoms with Gasteiger partial charge >= 0.3 is 0 Å². The molecule has 1 aromatic heterocycles. The van der Waals surface area contributed by atoms with Crippen molar-refractivity contribution >= 4 is 22.7 Å². The highest BCUT2D eigenvalue weighted by Crippen LogP contribution is 2.31. The number of nitrogens with one attached hydrogen (secondary N) is 1. The molecule has 162 valence electrons. The molecule has 30 heavy (non-hydrogen) atoms. The molecular formula is C24H34N4O2. The number of hydrogen-bond donors (Lipinski definition) is 1. The van der Waals surface area contributed by atoms with E-state index in [0.29, 0.717) is 12.5 Å². The Kier molecular flexibility index (Phi) is 5.87. The maximum atomic E-state index is 13.5. The van der Waals surface area contributed by atoms with Gasteiger partial charge in [-0.2, -0.15) is 0 Å². The van der Waals surface area contributed by atoms with Gasteiger partial charge in [0.15, 0.2) is 0 Å². The van der Waals surface area contributed by atoms with Crippen molar-refractivity contribution in [3.8, 4) is 0 Å². The third-order valence-electron chi connectivity index (χ3n) is 6.56. The van der Waals surface area contributed by atoms with E-state index in [-0.39, 0.29) is 29.9 Å². The summed E-state index contributed by atoms with van der Waals surface area (Å²) in [5.41, 5.74) is 2.55. The lowest BCUT2D eigenvalue weighted by Crippen LogP contribution is -2.59. The van der Waals surface area contributed by atoms with E-state index in [9.17, 15) is 9.59 Å². The Morgan fingerprint density at radius 3 is 2.70 bits per heavy atom. The van der Waals surface area contributed by atoms with Gasteiger partial charge in [-0.05, 0) is 37.3 Å². The summed E-state index contributed by atoms with van der Waals surface area (Å²) in [7, 11) is 0. The summed E-state index contributed by atoms with van der Waals surface area (Å²) in [6.45, 7) is 11.3.